The molecule has 1 saturated heterocycles. The molecule has 1 fully saturated rings. The molecule has 0 spiro atoms. The van der Waals surface area contributed by atoms with Crippen LogP contribution in [-0.2, 0) is 14.4 Å². The summed E-state index contributed by atoms with van der Waals surface area (Å²) in [6.07, 6.45) is 17.4. The minimum atomic E-state index is -3.41. The third-order valence-corrected chi connectivity index (χ3v) is 6.90. The molecular formula is C21H44NO3S+. The zero-order chi connectivity index (χ0) is 19.1. The lowest BCUT2D eigenvalue weighted by molar-refractivity contribution is -1.08. The molecular weight excluding hydrogens is 346 g/mol. The number of quaternary nitrogens is 1. The van der Waals surface area contributed by atoms with Crippen molar-refractivity contribution in [2.45, 2.75) is 110 Å². The van der Waals surface area contributed by atoms with E-state index in [0.29, 0.717) is 4.65 Å². The van der Waals surface area contributed by atoms with Crippen molar-refractivity contribution in [2.24, 2.45) is 0 Å². The number of hydroxylamine groups is 3. The molecule has 0 saturated carbocycles. The Morgan fingerprint density at radius 2 is 1.19 bits per heavy atom. The number of piperidine rings is 1. The summed E-state index contributed by atoms with van der Waals surface area (Å²) in [5.74, 6) is 0.190. The molecule has 0 unspecified atom stereocenters. The van der Waals surface area contributed by atoms with Gasteiger partial charge >= 0.3 is 10.1 Å². The van der Waals surface area contributed by atoms with Crippen LogP contribution in [0.3, 0.4) is 0 Å². The minimum Gasteiger partial charge on any atom is -0.194 e. The quantitative estimate of drug-likeness (QED) is 0.241. The molecule has 5 heteroatoms. The first-order valence-corrected chi connectivity index (χ1v) is 12.9. The zero-order valence-corrected chi connectivity index (χ0v) is 18.3. The van der Waals surface area contributed by atoms with E-state index in [9.17, 15) is 8.42 Å². The van der Waals surface area contributed by atoms with Gasteiger partial charge in [-0.3, -0.25) is 0 Å². The predicted octanol–water partition coefficient (Wildman–Crippen LogP) is 5.97. The van der Waals surface area contributed by atoms with Gasteiger partial charge in [0, 0.05) is 0 Å². The molecule has 0 aliphatic carbocycles. The summed E-state index contributed by atoms with van der Waals surface area (Å²) in [5, 5.41) is 0. The SMILES string of the molecule is CCCCCCCC[N+]1(OS(=O)(=O)CCCCCCCC)CCCCC1. The molecule has 1 rings (SSSR count). The van der Waals surface area contributed by atoms with Crippen molar-refractivity contribution in [1.82, 2.24) is 0 Å². The largest absolute Gasteiger partial charge is 0.314 e. The summed E-state index contributed by atoms with van der Waals surface area (Å²) in [5.41, 5.74) is 0. The van der Waals surface area contributed by atoms with Gasteiger partial charge in [-0.2, -0.15) is 13.1 Å². The lowest BCUT2D eigenvalue weighted by atomic mass is 10.1. The smallest absolute Gasteiger partial charge is 0.194 e. The molecule has 0 bridgehead atoms. The number of nitrogens with zero attached hydrogens (tertiary/aromatic N) is 1. The van der Waals surface area contributed by atoms with Crippen LogP contribution in [0.15, 0.2) is 0 Å². The lowest BCUT2D eigenvalue weighted by Crippen LogP contribution is -2.53. The van der Waals surface area contributed by atoms with Crippen molar-refractivity contribution in [3.05, 3.63) is 0 Å². The summed E-state index contributed by atoms with van der Waals surface area (Å²) in [6.45, 7) is 7.03. The molecule has 156 valence electrons. The first-order chi connectivity index (χ1) is 12.5. The molecule has 0 aromatic heterocycles. The second kappa shape index (κ2) is 14.0. The summed E-state index contributed by atoms with van der Waals surface area (Å²) >= 11 is 0. The van der Waals surface area contributed by atoms with E-state index < -0.39 is 10.1 Å². The Morgan fingerprint density at radius 1 is 0.692 bits per heavy atom. The van der Waals surface area contributed by atoms with E-state index in [2.05, 4.69) is 13.8 Å². The molecule has 4 nitrogen and oxygen atoms in total. The maximum atomic E-state index is 12.5. The lowest BCUT2D eigenvalue weighted by Gasteiger charge is -2.37. The Kier molecular flexibility index (Phi) is 12.8. The van der Waals surface area contributed by atoms with Gasteiger partial charge in [-0.1, -0.05) is 75.9 Å². The van der Waals surface area contributed by atoms with E-state index in [-0.39, 0.29) is 5.75 Å². The highest BCUT2D eigenvalue weighted by molar-refractivity contribution is 7.86. The Labute approximate surface area is 163 Å². The van der Waals surface area contributed by atoms with Crippen molar-refractivity contribution in [3.63, 3.8) is 0 Å². The second-order valence-electron chi connectivity index (χ2n) is 8.16. The highest BCUT2D eigenvalue weighted by Crippen LogP contribution is 2.24. The summed E-state index contributed by atoms with van der Waals surface area (Å²) in [6, 6.07) is 0. The van der Waals surface area contributed by atoms with Gasteiger partial charge in [-0.25, -0.2) is 0 Å². The van der Waals surface area contributed by atoms with E-state index in [1.165, 1.54) is 57.8 Å². The van der Waals surface area contributed by atoms with Gasteiger partial charge in [0.1, 0.15) is 19.6 Å². The fraction of sp³-hybridized carbons (Fsp3) is 1.00. The van der Waals surface area contributed by atoms with Crippen LogP contribution < -0.4 is 0 Å². The normalized spacial score (nSPS) is 17.5. The van der Waals surface area contributed by atoms with Crippen LogP contribution in [0.1, 0.15) is 110 Å². The summed E-state index contributed by atoms with van der Waals surface area (Å²) in [7, 11) is -3.41. The summed E-state index contributed by atoms with van der Waals surface area (Å²) in [4.78, 5) is 0. The van der Waals surface area contributed by atoms with Crippen molar-refractivity contribution in [3.8, 4) is 0 Å². The number of likely N-dealkylation sites (tertiary alicyclic amines) is 1. The third kappa shape index (κ3) is 10.9. The first-order valence-electron chi connectivity index (χ1n) is 11.3. The number of hydrogen-bond donors (Lipinski definition) is 0. The molecule has 0 N–H and O–H groups in total. The first kappa shape index (κ1) is 23.9. The van der Waals surface area contributed by atoms with Crippen LogP contribution in [0.5, 0.6) is 0 Å². The van der Waals surface area contributed by atoms with Gasteiger partial charge in [0.15, 0.2) is 0 Å². The number of rotatable bonds is 16. The van der Waals surface area contributed by atoms with Crippen molar-refractivity contribution in [1.29, 1.82) is 0 Å². The number of hydrogen-bond acceptors (Lipinski definition) is 3. The average Bonchev–Trinajstić information content (AvgIpc) is 2.61. The number of unbranched alkanes of at least 4 members (excludes halogenated alkanes) is 10. The minimum absolute atomic E-state index is 0.190. The van der Waals surface area contributed by atoms with Gasteiger partial charge in [0.25, 0.3) is 0 Å². The van der Waals surface area contributed by atoms with Crippen LogP contribution in [-0.4, -0.2) is 38.5 Å². The molecule has 0 atom stereocenters. The molecule has 0 radical (unpaired) electrons. The van der Waals surface area contributed by atoms with E-state index in [1.54, 1.807) is 0 Å². The average molecular weight is 391 g/mol. The van der Waals surface area contributed by atoms with Gasteiger partial charge in [-0.15, -0.1) is 0 Å². The Morgan fingerprint density at radius 3 is 1.77 bits per heavy atom. The molecule has 0 aromatic carbocycles. The Hall–Kier alpha value is -0.130. The van der Waals surface area contributed by atoms with Crippen LogP contribution in [0.4, 0.5) is 0 Å². The Bertz CT molecular complexity index is 431. The third-order valence-electron chi connectivity index (χ3n) is 5.57. The predicted molar refractivity (Wildman–Crippen MR) is 110 cm³/mol. The highest BCUT2D eigenvalue weighted by Gasteiger charge is 2.37. The van der Waals surface area contributed by atoms with E-state index in [1.807, 2.05) is 0 Å². The molecule has 1 aliphatic heterocycles. The van der Waals surface area contributed by atoms with E-state index >= 15 is 0 Å². The molecule has 1 aliphatic rings. The van der Waals surface area contributed by atoms with Gasteiger partial charge in [-0.05, 0) is 38.5 Å². The maximum Gasteiger partial charge on any atom is 0.314 e. The molecule has 0 amide bonds. The van der Waals surface area contributed by atoms with Gasteiger partial charge in [0.05, 0.1) is 5.75 Å². The molecule has 1 heterocycles. The van der Waals surface area contributed by atoms with Crippen LogP contribution in [0.2, 0.25) is 0 Å². The highest BCUT2D eigenvalue weighted by atomic mass is 32.2. The van der Waals surface area contributed by atoms with Gasteiger partial charge < -0.3 is 0 Å². The molecule has 26 heavy (non-hydrogen) atoms. The second-order valence-corrected chi connectivity index (χ2v) is 9.83. The van der Waals surface area contributed by atoms with E-state index in [0.717, 1.165) is 58.2 Å². The summed E-state index contributed by atoms with van der Waals surface area (Å²) < 4.78 is 31.3. The maximum absolute atomic E-state index is 12.5. The zero-order valence-electron chi connectivity index (χ0n) is 17.5. The van der Waals surface area contributed by atoms with Gasteiger partial charge in [0.2, 0.25) is 0 Å². The monoisotopic (exact) mass is 390 g/mol. The standard InChI is InChI=1S/C21H44NO3S/c1-3-5-7-9-11-14-18-22(19-15-13-16-20-22)25-26(23,24)21-17-12-10-8-6-4-2/h3-21H2,1-2H3/q+1. The Balaban J connectivity index is 2.38. The van der Waals surface area contributed by atoms with E-state index in [4.69, 9.17) is 4.28 Å². The van der Waals surface area contributed by atoms with Crippen molar-refractivity contribution >= 4 is 10.1 Å². The molecule has 0 aromatic rings. The van der Waals surface area contributed by atoms with Crippen LogP contribution in [0, 0.1) is 0 Å². The van der Waals surface area contributed by atoms with Crippen LogP contribution in [0.25, 0.3) is 0 Å². The van der Waals surface area contributed by atoms with Crippen LogP contribution >= 0.6 is 0 Å². The van der Waals surface area contributed by atoms with Crippen molar-refractivity contribution < 1.29 is 17.3 Å². The van der Waals surface area contributed by atoms with Crippen molar-refractivity contribution in [2.75, 3.05) is 25.4 Å². The topological polar surface area (TPSA) is 43.4 Å². The fourth-order valence-corrected chi connectivity index (χ4v) is 5.28. The fourth-order valence-electron chi connectivity index (χ4n) is 3.94.